The fourth-order valence-electron chi connectivity index (χ4n) is 2.56. The van der Waals surface area contributed by atoms with Crippen molar-refractivity contribution in [1.82, 2.24) is 0 Å². The van der Waals surface area contributed by atoms with E-state index in [4.69, 9.17) is 4.42 Å². The minimum absolute atomic E-state index is 0.0793. The highest BCUT2D eigenvalue weighted by molar-refractivity contribution is 6.06. The van der Waals surface area contributed by atoms with E-state index in [0.717, 1.165) is 46.9 Å². The van der Waals surface area contributed by atoms with Crippen LogP contribution >= 0.6 is 0 Å². The number of hydrogen-bond acceptors (Lipinski definition) is 2. The molecule has 0 bridgehead atoms. The van der Waals surface area contributed by atoms with Gasteiger partial charge in [0.05, 0.1) is 0 Å². The van der Waals surface area contributed by atoms with Gasteiger partial charge in [0.2, 0.25) is 5.91 Å². The molecule has 1 N–H and O–H groups in total. The second kappa shape index (κ2) is 6.00. The molecule has 2 aromatic carbocycles. The first-order chi connectivity index (χ1) is 10.3. The third-order valence-electron chi connectivity index (χ3n) is 3.67. The van der Waals surface area contributed by atoms with Crippen molar-refractivity contribution in [2.24, 2.45) is 0 Å². The number of furan rings is 1. The van der Waals surface area contributed by atoms with E-state index in [2.05, 4.69) is 12.2 Å². The Morgan fingerprint density at radius 3 is 2.71 bits per heavy atom. The predicted molar refractivity (Wildman–Crippen MR) is 86.5 cm³/mol. The quantitative estimate of drug-likeness (QED) is 0.661. The van der Waals surface area contributed by atoms with Gasteiger partial charge in [-0.1, -0.05) is 38.0 Å². The predicted octanol–water partition coefficient (Wildman–Crippen LogP) is 5.10. The third-order valence-corrected chi connectivity index (χ3v) is 3.67. The van der Waals surface area contributed by atoms with E-state index in [1.807, 2.05) is 42.5 Å². The van der Waals surface area contributed by atoms with Gasteiger partial charge in [0.1, 0.15) is 11.2 Å². The summed E-state index contributed by atoms with van der Waals surface area (Å²) in [7, 11) is 0. The minimum atomic E-state index is 0.0793. The van der Waals surface area contributed by atoms with Crippen LogP contribution in [0.1, 0.15) is 32.6 Å². The smallest absolute Gasteiger partial charge is 0.224 e. The Morgan fingerprint density at radius 1 is 1.05 bits per heavy atom. The van der Waals surface area contributed by atoms with E-state index in [1.54, 1.807) is 0 Å². The van der Waals surface area contributed by atoms with Gasteiger partial charge in [-0.05, 0) is 30.7 Å². The highest BCUT2D eigenvalue weighted by atomic mass is 16.3. The number of nitrogens with one attached hydrogen (secondary N) is 1. The highest BCUT2D eigenvalue weighted by Gasteiger charge is 2.08. The maximum absolute atomic E-state index is 11.9. The normalized spacial score (nSPS) is 11.1. The van der Waals surface area contributed by atoms with E-state index < -0.39 is 0 Å². The molecule has 0 saturated carbocycles. The Bertz CT molecular complexity index is 773. The van der Waals surface area contributed by atoms with Gasteiger partial charge in [-0.2, -0.15) is 0 Å². The van der Waals surface area contributed by atoms with Gasteiger partial charge in [0.15, 0.2) is 0 Å². The minimum Gasteiger partial charge on any atom is -0.456 e. The molecular formula is C18H19NO2. The molecule has 1 aromatic heterocycles. The summed E-state index contributed by atoms with van der Waals surface area (Å²) in [5.41, 5.74) is 2.55. The SMILES string of the molecule is CCCCCC(=O)Nc1ccc2oc3ccccc3c2c1. The summed E-state index contributed by atoms with van der Waals surface area (Å²) in [6.45, 7) is 2.13. The fourth-order valence-corrected chi connectivity index (χ4v) is 2.56. The summed E-state index contributed by atoms with van der Waals surface area (Å²) in [6, 6.07) is 13.7. The van der Waals surface area contributed by atoms with Gasteiger partial charge in [-0.3, -0.25) is 4.79 Å². The summed E-state index contributed by atoms with van der Waals surface area (Å²) in [5, 5.41) is 5.08. The molecule has 108 valence electrons. The van der Waals surface area contributed by atoms with Crippen LogP contribution in [0.5, 0.6) is 0 Å². The summed E-state index contributed by atoms with van der Waals surface area (Å²) < 4.78 is 5.78. The van der Waals surface area contributed by atoms with Gasteiger partial charge >= 0.3 is 0 Å². The van der Waals surface area contributed by atoms with Gasteiger partial charge in [0, 0.05) is 22.9 Å². The first kappa shape index (κ1) is 13.7. The van der Waals surface area contributed by atoms with Crippen LogP contribution in [-0.2, 0) is 4.79 Å². The summed E-state index contributed by atoms with van der Waals surface area (Å²) >= 11 is 0. The zero-order valence-electron chi connectivity index (χ0n) is 12.2. The Hall–Kier alpha value is -2.29. The van der Waals surface area contributed by atoms with Crippen LogP contribution in [-0.4, -0.2) is 5.91 Å². The van der Waals surface area contributed by atoms with Gasteiger partial charge in [-0.25, -0.2) is 0 Å². The van der Waals surface area contributed by atoms with E-state index in [1.165, 1.54) is 0 Å². The zero-order chi connectivity index (χ0) is 14.7. The fraction of sp³-hybridized carbons (Fsp3) is 0.278. The molecule has 1 heterocycles. The molecule has 1 amide bonds. The van der Waals surface area contributed by atoms with Crippen LogP contribution < -0.4 is 5.32 Å². The molecular weight excluding hydrogens is 262 g/mol. The standard InChI is InChI=1S/C18H19NO2/c1-2-3-4-9-18(20)19-13-10-11-17-15(12-13)14-7-5-6-8-16(14)21-17/h5-8,10-12H,2-4,9H2,1H3,(H,19,20). The van der Waals surface area contributed by atoms with Crippen molar-refractivity contribution in [2.75, 3.05) is 5.32 Å². The number of unbranched alkanes of at least 4 members (excludes halogenated alkanes) is 2. The number of carbonyl (C=O) groups is 1. The van der Waals surface area contributed by atoms with E-state index in [0.29, 0.717) is 6.42 Å². The number of rotatable bonds is 5. The highest BCUT2D eigenvalue weighted by Crippen LogP contribution is 2.30. The molecule has 3 nitrogen and oxygen atoms in total. The number of amides is 1. The molecule has 0 aliphatic heterocycles. The van der Waals surface area contributed by atoms with Crippen LogP contribution in [0.2, 0.25) is 0 Å². The first-order valence-electron chi connectivity index (χ1n) is 7.49. The third kappa shape index (κ3) is 2.92. The van der Waals surface area contributed by atoms with Crippen LogP contribution in [0.3, 0.4) is 0 Å². The van der Waals surface area contributed by atoms with Crippen LogP contribution in [0, 0.1) is 0 Å². The van der Waals surface area contributed by atoms with Crippen molar-refractivity contribution < 1.29 is 9.21 Å². The van der Waals surface area contributed by atoms with Crippen molar-refractivity contribution in [3.8, 4) is 0 Å². The average Bonchev–Trinajstić information content (AvgIpc) is 2.86. The lowest BCUT2D eigenvalue weighted by molar-refractivity contribution is -0.116. The zero-order valence-corrected chi connectivity index (χ0v) is 12.2. The van der Waals surface area contributed by atoms with Crippen molar-refractivity contribution in [2.45, 2.75) is 32.6 Å². The number of hydrogen-bond donors (Lipinski definition) is 1. The number of carbonyl (C=O) groups excluding carboxylic acids is 1. The lowest BCUT2D eigenvalue weighted by atomic mass is 10.1. The van der Waals surface area contributed by atoms with Crippen LogP contribution in [0.4, 0.5) is 5.69 Å². The molecule has 3 heteroatoms. The first-order valence-corrected chi connectivity index (χ1v) is 7.49. The summed E-state index contributed by atoms with van der Waals surface area (Å²) in [4.78, 5) is 11.9. The van der Waals surface area contributed by atoms with Gasteiger partial charge < -0.3 is 9.73 Å². The Morgan fingerprint density at radius 2 is 1.86 bits per heavy atom. The Kier molecular flexibility index (Phi) is 3.91. The average molecular weight is 281 g/mol. The Balaban J connectivity index is 1.83. The van der Waals surface area contributed by atoms with Crippen molar-refractivity contribution >= 4 is 33.5 Å². The number of para-hydroxylation sites is 1. The molecule has 0 fully saturated rings. The number of benzene rings is 2. The molecule has 0 unspecified atom stereocenters. The van der Waals surface area contributed by atoms with Crippen LogP contribution in [0.25, 0.3) is 21.9 Å². The molecule has 0 atom stereocenters. The summed E-state index contributed by atoms with van der Waals surface area (Å²) in [6.07, 6.45) is 3.75. The number of anilines is 1. The number of fused-ring (bicyclic) bond motifs is 3. The molecule has 0 aliphatic carbocycles. The summed E-state index contributed by atoms with van der Waals surface area (Å²) in [5.74, 6) is 0.0793. The Labute approximate surface area is 123 Å². The molecule has 0 saturated heterocycles. The lowest BCUT2D eigenvalue weighted by Gasteiger charge is -2.04. The molecule has 0 aliphatic rings. The van der Waals surface area contributed by atoms with Crippen LogP contribution in [0.15, 0.2) is 46.9 Å². The molecule has 0 spiro atoms. The second-order valence-corrected chi connectivity index (χ2v) is 5.31. The molecule has 3 aromatic rings. The molecule has 3 rings (SSSR count). The van der Waals surface area contributed by atoms with Crippen molar-refractivity contribution in [1.29, 1.82) is 0 Å². The topological polar surface area (TPSA) is 42.2 Å². The second-order valence-electron chi connectivity index (χ2n) is 5.31. The molecule has 21 heavy (non-hydrogen) atoms. The maximum atomic E-state index is 11.9. The van der Waals surface area contributed by atoms with Gasteiger partial charge in [0.25, 0.3) is 0 Å². The van der Waals surface area contributed by atoms with E-state index >= 15 is 0 Å². The van der Waals surface area contributed by atoms with Gasteiger partial charge in [-0.15, -0.1) is 0 Å². The largest absolute Gasteiger partial charge is 0.456 e. The lowest BCUT2D eigenvalue weighted by Crippen LogP contribution is -2.10. The van der Waals surface area contributed by atoms with E-state index in [-0.39, 0.29) is 5.91 Å². The van der Waals surface area contributed by atoms with Crippen molar-refractivity contribution in [3.63, 3.8) is 0 Å². The van der Waals surface area contributed by atoms with Crippen molar-refractivity contribution in [3.05, 3.63) is 42.5 Å². The molecule has 0 radical (unpaired) electrons. The monoisotopic (exact) mass is 281 g/mol. The maximum Gasteiger partial charge on any atom is 0.224 e. The van der Waals surface area contributed by atoms with E-state index in [9.17, 15) is 4.79 Å².